The Kier molecular flexibility index (Phi) is 6.14. The number of benzene rings is 2. The first-order chi connectivity index (χ1) is 13.3. The molecule has 0 aliphatic carbocycles. The molecule has 1 amide bonds. The van der Waals surface area contributed by atoms with Gasteiger partial charge >= 0.3 is 0 Å². The number of rotatable bonds is 5. The average molecular weight is 402 g/mol. The van der Waals surface area contributed by atoms with Crippen molar-refractivity contribution < 1.29 is 14.3 Å². The standard InChI is InChI=1S/C21H23NO3S2/c23-21(14-26-13-16-4-2-1-3-5-16)22-9-8-20(27-11-10-22)17-6-7-18-19(12-17)25-15-24-18/h1-7,12,20H,8-11,13-15H2. The molecule has 2 heterocycles. The van der Waals surface area contributed by atoms with E-state index in [1.165, 1.54) is 11.1 Å². The summed E-state index contributed by atoms with van der Waals surface area (Å²) < 4.78 is 10.9. The molecule has 2 aromatic carbocycles. The summed E-state index contributed by atoms with van der Waals surface area (Å²) in [5, 5.41) is 0.397. The van der Waals surface area contributed by atoms with Crippen molar-refractivity contribution in [2.45, 2.75) is 17.4 Å². The van der Waals surface area contributed by atoms with Gasteiger partial charge in [0.2, 0.25) is 12.7 Å². The maximum absolute atomic E-state index is 12.6. The molecule has 0 N–H and O–H groups in total. The maximum atomic E-state index is 12.6. The zero-order valence-electron chi connectivity index (χ0n) is 15.1. The van der Waals surface area contributed by atoms with Gasteiger partial charge in [-0.25, -0.2) is 0 Å². The number of fused-ring (bicyclic) bond motifs is 1. The average Bonchev–Trinajstić information content (AvgIpc) is 3.03. The number of hydrogen-bond donors (Lipinski definition) is 0. The Morgan fingerprint density at radius 3 is 2.85 bits per heavy atom. The molecule has 0 spiro atoms. The van der Waals surface area contributed by atoms with E-state index in [4.69, 9.17) is 9.47 Å². The van der Waals surface area contributed by atoms with Crippen molar-refractivity contribution in [3.63, 3.8) is 0 Å². The summed E-state index contributed by atoms with van der Waals surface area (Å²) in [6.45, 7) is 1.95. The molecule has 6 heteroatoms. The second kappa shape index (κ2) is 8.93. The lowest BCUT2D eigenvalue weighted by Crippen LogP contribution is -2.34. The number of hydrogen-bond acceptors (Lipinski definition) is 5. The molecule has 0 aromatic heterocycles. The summed E-state index contributed by atoms with van der Waals surface area (Å²) in [7, 11) is 0. The largest absolute Gasteiger partial charge is 0.454 e. The zero-order valence-corrected chi connectivity index (χ0v) is 16.8. The normalized spacial score (nSPS) is 19.0. The summed E-state index contributed by atoms with van der Waals surface area (Å²) in [5.41, 5.74) is 2.53. The molecule has 2 aliphatic rings. The van der Waals surface area contributed by atoms with Gasteiger partial charge in [0.15, 0.2) is 11.5 Å². The van der Waals surface area contributed by atoms with E-state index in [-0.39, 0.29) is 5.91 Å². The van der Waals surface area contributed by atoms with E-state index in [1.807, 2.05) is 40.9 Å². The molecule has 0 saturated carbocycles. The van der Waals surface area contributed by atoms with E-state index in [2.05, 4.69) is 24.3 Å². The van der Waals surface area contributed by atoms with Crippen LogP contribution >= 0.6 is 23.5 Å². The van der Waals surface area contributed by atoms with Gasteiger partial charge in [0.05, 0.1) is 5.75 Å². The van der Waals surface area contributed by atoms with Gasteiger partial charge in [0, 0.05) is 29.8 Å². The number of carbonyl (C=O) groups is 1. The molecule has 1 atom stereocenters. The molecular weight excluding hydrogens is 378 g/mol. The first-order valence-corrected chi connectivity index (χ1v) is 11.4. The van der Waals surface area contributed by atoms with E-state index in [9.17, 15) is 4.79 Å². The number of carbonyl (C=O) groups excluding carboxylic acids is 1. The third kappa shape index (κ3) is 4.74. The van der Waals surface area contributed by atoms with E-state index >= 15 is 0 Å². The Bertz CT molecular complexity index is 784. The van der Waals surface area contributed by atoms with Gasteiger partial charge in [-0.05, 0) is 29.7 Å². The van der Waals surface area contributed by atoms with Gasteiger partial charge in [-0.1, -0.05) is 36.4 Å². The Labute approximate surface area is 168 Å². The molecule has 0 bridgehead atoms. The molecule has 2 aliphatic heterocycles. The first kappa shape index (κ1) is 18.6. The highest BCUT2D eigenvalue weighted by Crippen LogP contribution is 2.40. The molecule has 1 saturated heterocycles. The van der Waals surface area contributed by atoms with Gasteiger partial charge in [0.1, 0.15) is 0 Å². The quantitative estimate of drug-likeness (QED) is 0.745. The van der Waals surface area contributed by atoms with Gasteiger partial charge in [-0.15, -0.1) is 11.8 Å². The Balaban J connectivity index is 1.28. The molecule has 142 valence electrons. The fourth-order valence-corrected chi connectivity index (χ4v) is 5.43. The number of thioether (sulfide) groups is 2. The third-order valence-electron chi connectivity index (χ3n) is 4.80. The fourth-order valence-electron chi connectivity index (χ4n) is 3.32. The van der Waals surface area contributed by atoms with Crippen LogP contribution in [0.15, 0.2) is 48.5 Å². The smallest absolute Gasteiger partial charge is 0.232 e. The van der Waals surface area contributed by atoms with Crippen molar-refractivity contribution in [3.05, 3.63) is 59.7 Å². The minimum Gasteiger partial charge on any atom is -0.454 e. The summed E-state index contributed by atoms with van der Waals surface area (Å²) >= 11 is 3.62. The number of nitrogens with zero attached hydrogens (tertiary/aromatic N) is 1. The van der Waals surface area contributed by atoms with Crippen LogP contribution in [-0.2, 0) is 10.5 Å². The van der Waals surface area contributed by atoms with E-state index < -0.39 is 0 Å². The predicted octanol–water partition coefficient (Wildman–Crippen LogP) is 4.36. The maximum Gasteiger partial charge on any atom is 0.232 e. The monoisotopic (exact) mass is 401 g/mol. The number of ether oxygens (including phenoxy) is 2. The number of amides is 1. The summed E-state index contributed by atoms with van der Waals surface area (Å²) in [5.74, 6) is 4.31. The van der Waals surface area contributed by atoms with Gasteiger partial charge in [0.25, 0.3) is 0 Å². The fraction of sp³-hybridized carbons (Fsp3) is 0.381. The van der Waals surface area contributed by atoms with Crippen molar-refractivity contribution >= 4 is 29.4 Å². The highest BCUT2D eigenvalue weighted by molar-refractivity contribution is 7.99. The molecule has 27 heavy (non-hydrogen) atoms. The van der Waals surface area contributed by atoms with Crippen molar-refractivity contribution in [2.75, 3.05) is 31.4 Å². The molecule has 1 fully saturated rings. The van der Waals surface area contributed by atoms with Gasteiger partial charge in [-0.2, -0.15) is 11.8 Å². The van der Waals surface area contributed by atoms with Crippen molar-refractivity contribution in [2.24, 2.45) is 0 Å². The lowest BCUT2D eigenvalue weighted by Gasteiger charge is -2.20. The summed E-state index contributed by atoms with van der Waals surface area (Å²) in [6.07, 6.45) is 0.972. The van der Waals surface area contributed by atoms with Crippen molar-refractivity contribution in [1.29, 1.82) is 0 Å². The Morgan fingerprint density at radius 2 is 1.96 bits per heavy atom. The minimum atomic E-state index is 0.253. The molecule has 1 unspecified atom stereocenters. The van der Waals surface area contributed by atoms with E-state index in [1.54, 1.807) is 11.8 Å². The highest BCUT2D eigenvalue weighted by Gasteiger charge is 2.23. The van der Waals surface area contributed by atoms with E-state index in [0.717, 1.165) is 42.5 Å². The molecule has 4 rings (SSSR count). The van der Waals surface area contributed by atoms with Crippen LogP contribution in [-0.4, -0.2) is 42.2 Å². The van der Waals surface area contributed by atoms with Gasteiger partial charge in [-0.3, -0.25) is 4.79 Å². The summed E-state index contributed by atoms with van der Waals surface area (Å²) in [6, 6.07) is 16.5. The predicted molar refractivity (Wildman–Crippen MR) is 112 cm³/mol. The van der Waals surface area contributed by atoms with Crippen molar-refractivity contribution in [1.82, 2.24) is 4.90 Å². The Hall–Kier alpha value is -1.79. The van der Waals surface area contributed by atoms with Crippen molar-refractivity contribution in [3.8, 4) is 11.5 Å². The molecule has 0 radical (unpaired) electrons. The first-order valence-electron chi connectivity index (χ1n) is 9.20. The van der Waals surface area contributed by atoms with Crippen LogP contribution in [0.2, 0.25) is 0 Å². The van der Waals surface area contributed by atoms with Crippen LogP contribution in [0, 0.1) is 0 Å². The second-order valence-corrected chi connectivity index (χ2v) is 8.92. The molecule has 4 nitrogen and oxygen atoms in total. The van der Waals surface area contributed by atoms with Crippen LogP contribution in [0.25, 0.3) is 0 Å². The molecule has 2 aromatic rings. The van der Waals surface area contributed by atoms with Crippen LogP contribution in [0.4, 0.5) is 0 Å². The highest BCUT2D eigenvalue weighted by atomic mass is 32.2. The van der Waals surface area contributed by atoms with Gasteiger partial charge < -0.3 is 14.4 Å². The minimum absolute atomic E-state index is 0.253. The third-order valence-corrected chi connectivity index (χ3v) is 7.12. The van der Waals surface area contributed by atoms with Crippen LogP contribution < -0.4 is 9.47 Å². The van der Waals surface area contributed by atoms with E-state index in [0.29, 0.717) is 17.8 Å². The lowest BCUT2D eigenvalue weighted by atomic mass is 10.1. The lowest BCUT2D eigenvalue weighted by molar-refractivity contribution is -0.128. The van der Waals surface area contributed by atoms with Crippen LogP contribution in [0.5, 0.6) is 11.5 Å². The SMILES string of the molecule is O=C(CSCc1ccccc1)N1CCSC(c2ccc3c(c2)OCO3)CC1. The van der Waals surface area contributed by atoms with Crippen LogP contribution in [0.3, 0.4) is 0 Å². The summed E-state index contributed by atoms with van der Waals surface area (Å²) in [4.78, 5) is 14.6. The van der Waals surface area contributed by atoms with Crippen LogP contribution in [0.1, 0.15) is 22.8 Å². The second-order valence-electron chi connectivity index (χ2n) is 6.62. The Morgan fingerprint density at radius 1 is 1.11 bits per heavy atom. The topological polar surface area (TPSA) is 38.8 Å². The zero-order chi connectivity index (χ0) is 18.5. The molecular formula is C21H23NO3S2.